The van der Waals surface area contributed by atoms with Gasteiger partial charge in [0.15, 0.2) is 0 Å². The third-order valence-corrected chi connectivity index (χ3v) is 1.78. The Hall–Kier alpha value is -1.27. The van der Waals surface area contributed by atoms with Gasteiger partial charge in [-0.2, -0.15) is 5.26 Å². The highest BCUT2D eigenvalue weighted by molar-refractivity contribution is 5.10. The van der Waals surface area contributed by atoms with Crippen LogP contribution in [-0.2, 0) is 0 Å². The SMILES string of the molecule is CC(C)(C#N)C(O)c1ccco1. The fourth-order valence-electron chi connectivity index (χ4n) is 0.864. The highest BCUT2D eigenvalue weighted by Crippen LogP contribution is 2.32. The Morgan fingerprint density at radius 3 is 2.75 bits per heavy atom. The van der Waals surface area contributed by atoms with Gasteiger partial charge in [-0.1, -0.05) is 0 Å². The van der Waals surface area contributed by atoms with Gasteiger partial charge in [0, 0.05) is 0 Å². The first-order chi connectivity index (χ1) is 5.58. The number of hydrogen-bond acceptors (Lipinski definition) is 3. The molecule has 3 nitrogen and oxygen atoms in total. The summed E-state index contributed by atoms with van der Waals surface area (Å²) in [5.74, 6) is 0.432. The molecule has 0 aromatic carbocycles. The van der Waals surface area contributed by atoms with Gasteiger partial charge in [-0.25, -0.2) is 0 Å². The van der Waals surface area contributed by atoms with Crippen molar-refractivity contribution in [2.75, 3.05) is 0 Å². The lowest BCUT2D eigenvalue weighted by Gasteiger charge is -2.20. The maximum atomic E-state index is 9.62. The van der Waals surface area contributed by atoms with Crippen molar-refractivity contribution in [1.82, 2.24) is 0 Å². The molecule has 1 aromatic heterocycles. The van der Waals surface area contributed by atoms with Gasteiger partial charge in [0.1, 0.15) is 11.9 Å². The van der Waals surface area contributed by atoms with Crippen LogP contribution in [0.5, 0.6) is 0 Å². The van der Waals surface area contributed by atoms with Crippen LogP contribution in [0.2, 0.25) is 0 Å². The van der Waals surface area contributed by atoms with Crippen molar-refractivity contribution in [1.29, 1.82) is 5.26 Å². The van der Waals surface area contributed by atoms with Crippen molar-refractivity contribution in [2.45, 2.75) is 20.0 Å². The summed E-state index contributed by atoms with van der Waals surface area (Å²) in [5.41, 5.74) is -0.808. The first kappa shape index (κ1) is 8.82. The topological polar surface area (TPSA) is 57.2 Å². The monoisotopic (exact) mass is 165 g/mol. The van der Waals surface area contributed by atoms with Crippen LogP contribution < -0.4 is 0 Å². The highest BCUT2D eigenvalue weighted by atomic mass is 16.4. The summed E-state index contributed by atoms with van der Waals surface area (Å²) in [5, 5.41) is 18.3. The lowest BCUT2D eigenvalue weighted by atomic mass is 9.87. The molecule has 1 N–H and O–H groups in total. The lowest BCUT2D eigenvalue weighted by Crippen LogP contribution is -2.19. The highest BCUT2D eigenvalue weighted by Gasteiger charge is 2.30. The molecule has 0 bridgehead atoms. The van der Waals surface area contributed by atoms with Crippen LogP contribution in [0.25, 0.3) is 0 Å². The molecule has 0 fully saturated rings. The minimum absolute atomic E-state index is 0.432. The van der Waals surface area contributed by atoms with Crippen LogP contribution in [0.3, 0.4) is 0 Å². The number of furan rings is 1. The zero-order chi connectivity index (χ0) is 9.19. The third-order valence-electron chi connectivity index (χ3n) is 1.78. The Labute approximate surface area is 71.2 Å². The lowest BCUT2D eigenvalue weighted by molar-refractivity contribution is 0.0656. The van der Waals surface area contributed by atoms with Gasteiger partial charge in [-0.15, -0.1) is 0 Å². The fraction of sp³-hybridized carbons (Fsp3) is 0.444. The summed E-state index contributed by atoms with van der Waals surface area (Å²) in [7, 11) is 0. The van der Waals surface area contributed by atoms with Gasteiger partial charge in [0.25, 0.3) is 0 Å². The van der Waals surface area contributed by atoms with Crippen LogP contribution >= 0.6 is 0 Å². The van der Waals surface area contributed by atoms with Crippen molar-refractivity contribution < 1.29 is 9.52 Å². The van der Waals surface area contributed by atoms with Crippen LogP contribution in [0.15, 0.2) is 22.8 Å². The first-order valence-electron chi connectivity index (χ1n) is 3.70. The number of aliphatic hydroxyl groups excluding tert-OH is 1. The van der Waals surface area contributed by atoms with E-state index >= 15 is 0 Å². The van der Waals surface area contributed by atoms with Gasteiger partial charge in [-0.3, -0.25) is 0 Å². The predicted octanol–water partition coefficient (Wildman–Crippen LogP) is 1.86. The molecule has 1 unspecified atom stereocenters. The number of aliphatic hydroxyl groups is 1. The summed E-state index contributed by atoms with van der Waals surface area (Å²) >= 11 is 0. The smallest absolute Gasteiger partial charge is 0.133 e. The Morgan fingerprint density at radius 1 is 1.67 bits per heavy atom. The summed E-state index contributed by atoms with van der Waals surface area (Å²) in [6.07, 6.45) is 0.615. The van der Waals surface area contributed by atoms with Gasteiger partial charge < -0.3 is 9.52 Å². The number of nitriles is 1. The molecule has 1 atom stereocenters. The minimum atomic E-state index is -0.863. The molecule has 0 aliphatic carbocycles. The molecule has 1 rings (SSSR count). The molecule has 1 heterocycles. The first-order valence-corrected chi connectivity index (χ1v) is 3.70. The molecule has 64 valence electrons. The largest absolute Gasteiger partial charge is 0.467 e. The third kappa shape index (κ3) is 1.49. The summed E-state index contributed by atoms with van der Waals surface area (Å²) in [6, 6.07) is 5.36. The maximum absolute atomic E-state index is 9.62. The van der Waals surface area contributed by atoms with Gasteiger partial charge >= 0.3 is 0 Å². The molecular formula is C9H11NO2. The summed E-state index contributed by atoms with van der Waals surface area (Å²) in [4.78, 5) is 0. The summed E-state index contributed by atoms with van der Waals surface area (Å²) < 4.78 is 4.98. The van der Waals surface area contributed by atoms with Crippen LogP contribution in [0.4, 0.5) is 0 Å². The second-order valence-corrected chi connectivity index (χ2v) is 3.25. The molecule has 0 aliphatic heterocycles. The summed E-state index contributed by atoms with van der Waals surface area (Å²) in [6.45, 7) is 3.33. The molecule has 0 aliphatic rings. The van der Waals surface area contributed by atoms with E-state index < -0.39 is 11.5 Å². The van der Waals surface area contributed by atoms with Crippen LogP contribution in [0, 0.1) is 16.7 Å². The molecule has 0 radical (unpaired) electrons. The molecule has 0 spiro atoms. The molecule has 1 aromatic rings. The quantitative estimate of drug-likeness (QED) is 0.727. The van der Waals surface area contributed by atoms with Crippen LogP contribution in [-0.4, -0.2) is 5.11 Å². The van der Waals surface area contributed by atoms with Crippen molar-refractivity contribution in [3.05, 3.63) is 24.2 Å². The van der Waals surface area contributed by atoms with E-state index in [2.05, 4.69) is 0 Å². The zero-order valence-electron chi connectivity index (χ0n) is 7.11. The molecule has 0 saturated carbocycles. The molecule has 3 heteroatoms. The van der Waals surface area contributed by atoms with E-state index in [0.717, 1.165) is 0 Å². The van der Waals surface area contributed by atoms with E-state index in [9.17, 15) is 5.11 Å². The standard InChI is InChI=1S/C9H11NO2/c1-9(2,6-10)8(11)7-4-3-5-12-7/h3-5,8,11H,1-2H3. The molecular weight excluding hydrogens is 154 g/mol. The Morgan fingerprint density at radius 2 is 2.33 bits per heavy atom. The van der Waals surface area contributed by atoms with Gasteiger partial charge in [0.2, 0.25) is 0 Å². The second-order valence-electron chi connectivity index (χ2n) is 3.25. The minimum Gasteiger partial charge on any atom is -0.467 e. The Bertz CT molecular complexity index is 282. The number of nitrogens with zero attached hydrogens (tertiary/aromatic N) is 1. The van der Waals surface area contributed by atoms with E-state index in [4.69, 9.17) is 9.68 Å². The second kappa shape index (κ2) is 3.00. The Balaban J connectivity index is 2.87. The Kier molecular flexibility index (Phi) is 2.20. The zero-order valence-corrected chi connectivity index (χ0v) is 7.11. The van der Waals surface area contributed by atoms with E-state index in [1.807, 2.05) is 6.07 Å². The van der Waals surface area contributed by atoms with E-state index in [0.29, 0.717) is 5.76 Å². The van der Waals surface area contributed by atoms with Crippen molar-refractivity contribution in [3.8, 4) is 6.07 Å². The number of hydrogen-bond donors (Lipinski definition) is 1. The van der Waals surface area contributed by atoms with Crippen molar-refractivity contribution in [2.24, 2.45) is 5.41 Å². The van der Waals surface area contributed by atoms with E-state index in [-0.39, 0.29) is 0 Å². The van der Waals surface area contributed by atoms with E-state index in [1.54, 1.807) is 26.0 Å². The predicted molar refractivity (Wildman–Crippen MR) is 43.1 cm³/mol. The fourth-order valence-corrected chi connectivity index (χ4v) is 0.864. The van der Waals surface area contributed by atoms with Gasteiger partial charge in [-0.05, 0) is 26.0 Å². The average molecular weight is 165 g/mol. The maximum Gasteiger partial charge on any atom is 0.133 e. The molecule has 0 amide bonds. The molecule has 0 saturated heterocycles. The van der Waals surface area contributed by atoms with Crippen LogP contribution in [0.1, 0.15) is 25.7 Å². The van der Waals surface area contributed by atoms with Crippen molar-refractivity contribution >= 4 is 0 Å². The van der Waals surface area contributed by atoms with Gasteiger partial charge in [0.05, 0.1) is 17.7 Å². The number of rotatable bonds is 2. The van der Waals surface area contributed by atoms with E-state index in [1.165, 1.54) is 6.26 Å². The van der Waals surface area contributed by atoms with Crippen molar-refractivity contribution in [3.63, 3.8) is 0 Å². The normalized spacial score (nSPS) is 13.8. The molecule has 12 heavy (non-hydrogen) atoms. The average Bonchev–Trinajstić information content (AvgIpc) is 2.55.